The minimum atomic E-state index is 0.363. The molecule has 6 heteroatoms. The molecule has 0 amide bonds. The van der Waals surface area contributed by atoms with Crippen molar-refractivity contribution in [3.8, 4) is 5.75 Å². The van der Waals surface area contributed by atoms with Crippen LogP contribution in [0.25, 0.3) is 0 Å². The van der Waals surface area contributed by atoms with Gasteiger partial charge in [0.2, 0.25) is 0 Å². The molecule has 0 fully saturated rings. The van der Waals surface area contributed by atoms with E-state index in [0.717, 1.165) is 22.0 Å². The molecule has 2 aromatic carbocycles. The zero-order chi connectivity index (χ0) is 15.4. The number of halogens is 2. The summed E-state index contributed by atoms with van der Waals surface area (Å²) < 4.78 is 7.40. The summed E-state index contributed by atoms with van der Waals surface area (Å²) in [6, 6.07) is 14.9. The monoisotopic (exact) mass is 333 g/mol. The van der Waals surface area contributed by atoms with Crippen LogP contribution in [0.15, 0.2) is 54.7 Å². The van der Waals surface area contributed by atoms with Crippen LogP contribution in [-0.2, 0) is 13.2 Å². The van der Waals surface area contributed by atoms with Crippen LogP contribution in [0.5, 0.6) is 5.75 Å². The maximum absolute atomic E-state index is 5.87. The predicted molar refractivity (Wildman–Crippen MR) is 86.4 cm³/mol. The fourth-order valence-electron chi connectivity index (χ4n) is 1.95. The maximum atomic E-state index is 5.87. The number of nitrogens with zero attached hydrogens (tertiary/aromatic N) is 3. The van der Waals surface area contributed by atoms with E-state index in [9.17, 15) is 0 Å². The minimum absolute atomic E-state index is 0.363. The Bertz CT molecular complexity index is 739. The molecule has 112 valence electrons. The molecule has 0 spiro atoms. The van der Waals surface area contributed by atoms with E-state index in [1.165, 1.54) is 0 Å². The van der Waals surface area contributed by atoms with E-state index in [2.05, 4.69) is 10.3 Å². The van der Waals surface area contributed by atoms with Gasteiger partial charge in [-0.2, -0.15) is 0 Å². The standard InChI is InChI=1S/C16H13Cl2N3O/c17-13-3-1-12(2-4-13)9-21-10-15(19-20-21)11-22-16-7-5-14(18)6-8-16/h1-8,10H,9,11H2. The Balaban J connectivity index is 1.59. The van der Waals surface area contributed by atoms with Crippen molar-refractivity contribution in [1.29, 1.82) is 0 Å². The van der Waals surface area contributed by atoms with E-state index in [0.29, 0.717) is 18.2 Å². The summed E-state index contributed by atoms with van der Waals surface area (Å²) in [5.41, 5.74) is 1.88. The average Bonchev–Trinajstić information content (AvgIpc) is 2.97. The fourth-order valence-corrected chi connectivity index (χ4v) is 2.20. The highest BCUT2D eigenvalue weighted by atomic mass is 35.5. The van der Waals surface area contributed by atoms with Crippen LogP contribution in [0.2, 0.25) is 10.0 Å². The van der Waals surface area contributed by atoms with Gasteiger partial charge in [0.1, 0.15) is 18.1 Å². The number of ether oxygens (including phenoxy) is 1. The Kier molecular flexibility index (Phi) is 4.61. The van der Waals surface area contributed by atoms with E-state index < -0.39 is 0 Å². The molecule has 0 atom stereocenters. The Morgan fingerprint density at radius 2 is 1.55 bits per heavy atom. The first-order valence-electron chi connectivity index (χ1n) is 6.71. The summed E-state index contributed by atoms with van der Waals surface area (Å²) in [7, 11) is 0. The van der Waals surface area contributed by atoms with Gasteiger partial charge in [-0.15, -0.1) is 5.10 Å². The molecule has 22 heavy (non-hydrogen) atoms. The van der Waals surface area contributed by atoms with Gasteiger partial charge in [0.05, 0.1) is 12.7 Å². The molecule has 1 heterocycles. The molecule has 0 unspecified atom stereocenters. The van der Waals surface area contributed by atoms with Crippen molar-refractivity contribution < 1.29 is 4.74 Å². The van der Waals surface area contributed by atoms with Crippen LogP contribution in [-0.4, -0.2) is 15.0 Å². The van der Waals surface area contributed by atoms with Crippen molar-refractivity contribution in [3.63, 3.8) is 0 Å². The highest BCUT2D eigenvalue weighted by Crippen LogP contribution is 2.16. The Labute approximate surface area is 138 Å². The lowest BCUT2D eigenvalue weighted by Gasteiger charge is -2.03. The van der Waals surface area contributed by atoms with E-state index in [4.69, 9.17) is 27.9 Å². The summed E-state index contributed by atoms with van der Waals surface area (Å²) in [6.45, 7) is 1.01. The summed E-state index contributed by atoms with van der Waals surface area (Å²) in [6.07, 6.45) is 1.87. The second kappa shape index (κ2) is 6.81. The van der Waals surface area contributed by atoms with Gasteiger partial charge in [-0.05, 0) is 42.0 Å². The molecule has 0 radical (unpaired) electrons. The summed E-state index contributed by atoms with van der Waals surface area (Å²) in [5, 5.41) is 9.59. The summed E-state index contributed by atoms with van der Waals surface area (Å²) in [4.78, 5) is 0. The minimum Gasteiger partial charge on any atom is -0.487 e. The van der Waals surface area contributed by atoms with Gasteiger partial charge in [0, 0.05) is 10.0 Å². The van der Waals surface area contributed by atoms with Gasteiger partial charge in [-0.25, -0.2) is 4.68 Å². The van der Waals surface area contributed by atoms with Crippen LogP contribution in [0.3, 0.4) is 0 Å². The molecule has 3 aromatic rings. The van der Waals surface area contributed by atoms with Crippen molar-refractivity contribution in [2.24, 2.45) is 0 Å². The van der Waals surface area contributed by atoms with Crippen LogP contribution < -0.4 is 4.74 Å². The molecular formula is C16H13Cl2N3O. The van der Waals surface area contributed by atoms with Gasteiger partial charge < -0.3 is 4.74 Å². The van der Waals surface area contributed by atoms with Crippen LogP contribution in [0, 0.1) is 0 Å². The molecule has 3 rings (SSSR count). The number of aromatic nitrogens is 3. The number of hydrogen-bond acceptors (Lipinski definition) is 3. The fraction of sp³-hybridized carbons (Fsp3) is 0.125. The van der Waals surface area contributed by atoms with Gasteiger partial charge >= 0.3 is 0 Å². The first-order chi connectivity index (χ1) is 10.7. The SMILES string of the molecule is Clc1ccc(Cn2cc(COc3ccc(Cl)cc3)nn2)cc1. The third-order valence-corrected chi connectivity index (χ3v) is 3.55. The maximum Gasteiger partial charge on any atom is 0.134 e. The average molecular weight is 334 g/mol. The Morgan fingerprint density at radius 1 is 0.909 bits per heavy atom. The molecule has 1 aromatic heterocycles. The van der Waals surface area contributed by atoms with Gasteiger partial charge in [0.25, 0.3) is 0 Å². The second-order valence-electron chi connectivity index (χ2n) is 4.78. The first-order valence-corrected chi connectivity index (χ1v) is 7.46. The van der Waals surface area contributed by atoms with Gasteiger partial charge in [0.15, 0.2) is 0 Å². The molecule has 0 aliphatic rings. The van der Waals surface area contributed by atoms with E-state index in [-0.39, 0.29) is 0 Å². The van der Waals surface area contributed by atoms with Crippen molar-refractivity contribution in [2.45, 2.75) is 13.2 Å². The molecule has 0 saturated carbocycles. The third-order valence-electron chi connectivity index (χ3n) is 3.04. The molecule has 0 N–H and O–H groups in total. The summed E-state index contributed by atoms with van der Waals surface area (Å²) in [5.74, 6) is 0.747. The van der Waals surface area contributed by atoms with Crippen LogP contribution in [0.4, 0.5) is 0 Å². The van der Waals surface area contributed by atoms with Gasteiger partial charge in [-0.3, -0.25) is 0 Å². The topological polar surface area (TPSA) is 39.9 Å². The van der Waals surface area contributed by atoms with Crippen molar-refractivity contribution >= 4 is 23.2 Å². The Morgan fingerprint density at radius 3 is 2.23 bits per heavy atom. The molecular weight excluding hydrogens is 321 g/mol. The normalized spacial score (nSPS) is 10.6. The smallest absolute Gasteiger partial charge is 0.134 e. The van der Waals surface area contributed by atoms with E-state index >= 15 is 0 Å². The van der Waals surface area contributed by atoms with E-state index in [1.54, 1.807) is 16.8 Å². The largest absolute Gasteiger partial charge is 0.487 e. The Hall–Kier alpha value is -2.04. The van der Waals surface area contributed by atoms with Crippen molar-refractivity contribution in [3.05, 3.63) is 76.0 Å². The quantitative estimate of drug-likeness (QED) is 0.702. The molecule has 0 aliphatic heterocycles. The molecule has 0 saturated heterocycles. The zero-order valence-corrected chi connectivity index (χ0v) is 13.1. The zero-order valence-electron chi connectivity index (χ0n) is 11.6. The molecule has 0 bridgehead atoms. The van der Waals surface area contributed by atoms with Gasteiger partial charge in [-0.1, -0.05) is 40.5 Å². The highest BCUT2D eigenvalue weighted by Gasteiger charge is 2.03. The summed E-state index contributed by atoms with van der Waals surface area (Å²) >= 11 is 11.7. The predicted octanol–water partition coefficient (Wildman–Crippen LogP) is 4.21. The van der Waals surface area contributed by atoms with Crippen LogP contribution in [0.1, 0.15) is 11.3 Å². The lowest BCUT2D eigenvalue weighted by Crippen LogP contribution is -2.00. The number of hydrogen-bond donors (Lipinski definition) is 0. The van der Waals surface area contributed by atoms with Crippen LogP contribution >= 0.6 is 23.2 Å². The third kappa shape index (κ3) is 4.00. The van der Waals surface area contributed by atoms with E-state index in [1.807, 2.05) is 42.6 Å². The molecule has 4 nitrogen and oxygen atoms in total. The second-order valence-corrected chi connectivity index (χ2v) is 5.65. The first kappa shape index (κ1) is 14.9. The van der Waals surface area contributed by atoms with Crippen molar-refractivity contribution in [1.82, 2.24) is 15.0 Å². The highest BCUT2D eigenvalue weighted by molar-refractivity contribution is 6.30. The number of rotatable bonds is 5. The number of benzene rings is 2. The molecule has 0 aliphatic carbocycles. The van der Waals surface area contributed by atoms with Crippen molar-refractivity contribution in [2.75, 3.05) is 0 Å². The lowest BCUT2D eigenvalue weighted by molar-refractivity contribution is 0.301. The lowest BCUT2D eigenvalue weighted by atomic mass is 10.2.